The number of fused-ring (bicyclic) bond motifs is 1. The largest absolute Gasteiger partial charge is 0.422 e. The van der Waals surface area contributed by atoms with Gasteiger partial charge in [0.25, 0.3) is 0 Å². The Kier molecular flexibility index (Phi) is 5.10. The van der Waals surface area contributed by atoms with Gasteiger partial charge in [0.2, 0.25) is 0 Å². The van der Waals surface area contributed by atoms with Gasteiger partial charge in [0, 0.05) is 30.2 Å². The van der Waals surface area contributed by atoms with E-state index in [1.165, 1.54) is 0 Å². The second kappa shape index (κ2) is 7.09. The molecule has 0 amide bonds. The quantitative estimate of drug-likeness (QED) is 0.724. The summed E-state index contributed by atoms with van der Waals surface area (Å²) in [4.78, 5) is 19.1. The van der Waals surface area contributed by atoms with Gasteiger partial charge in [-0.15, -0.1) is 0 Å². The first-order valence-electron chi connectivity index (χ1n) is 9.69. The Labute approximate surface area is 165 Å². The lowest BCUT2D eigenvalue weighted by molar-refractivity contribution is -0.157. The Hall–Kier alpha value is -2.60. The average molecular weight is 382 g/mol. The van der Waals surface area contributed by atoms with Crippen molar-refractivity contribution in [1.82, 2.24) is 5.06 Å². The van der Waals surface area contributed by atoms with E-state index in [4.69, 9.17) is 4.42 Å². The molecule has 0 saturated carbocycles. The molecule has 1 aromatic carbocycles. The molecule has 6 heteroatoms. The molecule has 149 valence electrons. The summed E-state index contributed by atoms with van der Waals surface area (Å²) in [6, 6.07) is 7.64. The van der Waals surface area contributed by atoms with Crippen LogP contribution in [0, 0.1) is 0 Å². The molecule has 28 heavy (non-hydrogen) atoms. The Morgan fingerprint density at radius 1 is 1.11 bits per heavy atom. The summed E-state index contributed by atoms with van der Waals surface area (Å²) in [7, 11) is 0. The second-order valence-corrected chi connectivity index (χ2v) is 8.10. The number of hydrogen-bond donors (Lipinski definition) is 0. The molecule has 0 fully saturated rings. The first kappa shape index (κ1) is 20.1. The van der Waals surface area contributed by atoms with E-state index in [0.717, 1.165) is 29.2 Å². The molecule has 1 aliphatic heterocycles. The first-order chi connectivity index (χ1) is 13.1. The van der Waals surface area contributed by atoms with Crippen LogP contribution in [-0.4, -0.2) is 35.1 Å². The summed E-state index contributed by atoms with van der Waals surface area (Å²) >= 11 is 0. The molecule has 0 unspecified atom stereocenters. The van der Waals surface area contributed by atoms with E-state index >= 15 is 0 Å². The minimum Gasteiger partial charge on any atom is -0.422 e. The summed E-state index contributed by atoms with van der Waals surface area (Å²) in [6.45, 7) is 13.5. The Bertz CT molecular complexity index is 998. The second-order valence-electron chi connectivity index (χ2n) is 8.10. The van der Waals surface area contributed by atoms with Crippen molar-refractivity contribution < 1.29 is 9.62 Å². The topological polar surface area (TPSA) is 68.9 Å². The zero-order chi connectivity index (χ0) is 20.7. The highest BCUT2D eigenvalue weighted by Gasteiger charge is 2.49. The van der Waals surface area contributed by atoms with Gasteiger partial charge < -0.3 is 9.32 Å². The van der Waals surface area contributed by atoms with Crippen molar-refractivity contribution in [2.45, 2.75) is 52.6 Å². The third-order valence-corrected chi connectivity index (χ3v) is 5.89. The predicted molar refractivity (Wildman–Crippen MR) is 113 cm³/mol. The molecule has 2 aromatic rings. The van der Waals surface area contributed by atoms with Crippen LogP contribution in [0.2, 0.25) is 0 Å². The fourth-order valence-corrected chi connectivity index (χ4v) is 3.29. The summed E-state index contributed by atoms with van der Waals surface area (Å²) < 4.78 is 5.53. The molecule has 0 bridgehead atoms. The standard InChI is InChI=1S/C22H28N3O3/c1-7-24(8-2)17-11-9-15-13-16(20(26)28-18(15)14-17)10-12-19-23-21(3,4)22(5,6)25(19)27/h9-14H,7-8H2,1-6H3/b12-10+. The molecular formula is C22H28N3O3. The van der Waals surface area contributed by atoms with Crippen LogP contribution in [0.1, 0.15) is 47.1 Å². The van der Waals surface area contributed by atoms with E-state index in [0.29, 0.717) is 17.0 Å². The Morgan fingerprint density at radius 2 is 1.79 bits per heavy atom. The number of benzene rings is 1. The van der Waals surface area contributed by atoms with Crippen LogP contribution >= 0.6 is 0 Å². The minimum atomic E-state index is -0.651. The molecule has 6 nitrogen and oxygen atoms in total. The molecule has 1 aliphatic rings. The molecular weight excluding hydrogens is 354 g/mol. The zero-order valence-corrected chi connectivity index (χ0v) is 17.4. The molecule has 0 atom stereocenters. The zero-order valence-electron chi connectivity index (χ0n) is 17.4. The third-order valence-electron chi connectivity index (χ3n) is 5.89. The van der Waals surface area contributed by atoms with Crippen molar-refractivity contribution in [3.8, 4) is 0 Å². The maximum absolute atomic E-state index is 12.5. The van der Waals surface area contributed by atoms with Crippen molar-refractivity contribution >= 4 is 28.6 Å². The molecule has 3 rings (SSSR count). The molecule has 0 aliphatic carbocycles. The van der Waals surface area contributed by atoms with E-state index in [1.54, 1.807) is 18.2 Å². The van der Waals surface area contributed by atoms with Crippen LogP contribution < -0.4 is 10.5 Å². The van der Waals surface area contributed by atoms with E-state index in [1.807, 2.05) is 45.9 Å². The van der Waals surface area contributed by atoms with E-state index in [9.17, 15) is 10.0 Å². The normalized spacial score (nSPS) is 18.1. The lowest BCUT2D eigenvalue weighted by Gasteiger charge is -2.35. The van der Waals surface area contributed by atoms with E-state index in [-0.39, 0.29) is 0 Å². The summed E-state index contributed by atoms with van der Waals surface area (Å²) in [6.07, 6.45) is 3.19. The van der Waals surface area contributed by atoms with Gasteiger partial charge in [0.05, 0.1) is 16.6 Å². The van der Waals surface area contributed by atoms with Crippen LogP contribution in [0.25, 0.3) is 17.0 Å². The van der Waals surface area contributed by atoms with Gasteiger partial charge in [0.1, 0.15) is 5.58 Å². The molecule has 1 aromatic heterocycles. The number of hydrogen-bond acceptors (Lipinski definition) is 5. The average Bonchev–Trinajstić information content (AvgIpc) is 2.80. The van der Waals surface area contributed by atoms with Gasteiger partial charge in [-0.25, -0.2) is 4.79 Å². The molecule has 0 saturated heterocycles. The monoisotopic (exact) mass is 382 g/mol. The Balaban J connectivity index is 1.95. The maximum Gasteiger partial charge on any atom is 0.343 e. The predicted octanol–water partition coefficient (Wildman–Crippen LogP) is 4.27. The van der Waals surface area contributed by atoms with Crippen LogP contribution in [0.3, 0.4) is 0 Å². The Morgan fingerprint density at radius 3 is 2.36 bits per heavy atom. The van der Waals surface area contributed by atoms with Crippen molar-refractivity contribution in [3.05, 3.63) is 46.3 Å². The summed E-state index contributed by atoms with van der Waals surface area (Å²) in [5.74, 6) is 0.311. The highest BCUT2D eigenvalue weighted by molar-refractivity contribution is 5.98. The maximum atomic E-state index is 12.5. The van der Waals surface area contributed by atoms with Crippen molar-refractivity contribution in [3.63, 3.8) is 0 Å². The van der Waals surface area contributed by atoms with Crippen molar-refractivity contribution in [1.29, 1.82) is 0 Å². The number of rotatable bonds is 5. The van der Waals surface area contributed by atoms with Crippen molar-refractivity contribution in [2.75, 3.05) is 18.0 Å². The fraction of sp³-hybridized carbons (Fsp3) is 0.455. The number of nitrogens with zero attached hydrogens (tertiary/aromatic N) is 3. The number of hydroxylamine groups is 2. The van der Waals surface area contributed by atoms with Crippen LogP contribution in [-0.2, 0) is 5.21 Å². The smallest absolute Gasteiger partial charge is 0.343 e. The molecule has 0 N–H and O–H groups in total. The van der Waals surface area contributed by atoms with Gasteiger partial charge in [-0.2, -0.15) is 5.06 Å². The fourth-order valence-electron chi connectivity index (χ4n) is 3.29. The van der Waals surface area contributed by atoms with Gasteiger partial charge in [0.15, 0.2) is 5.84 Å². The third kappa shape index (κ3) is 3.33. The minimum absolute atomic E-state index is 0.311. The highest BCUT2D eigenvalue weighted by Crippen LogP contribution is 2.36. The van der Waals surface area contributed by atoms with Gasteiger partial charge in [-0.3, -0.25) is 4.99 Å². The molecule has 1 radical (unpaired) electrons. The summed E-state index contributed by atoms with van der Waals surface area (Å²) in [5.41, 5.74) is 0.370. The van der Waals surface area contributed by atoms with E-state index < -0.39 is 16.7 Å². The van der Waals surface area contributed by atoms with Crippen molar-refractivity contribution in [2.24, 2.45) is 4.99 Å². The number of amidine groups is 1. The SMILES string of the molecule is CCN(CC)c1ccc2cc(/C=C/C3=NC(C)(C)C(C)(C)N3[O])c(=O)oc2c1. The molecule has 2 heterocycles. The lowest BCUT2D eigenvalue weighted by Crippen LogP contribution is -2.50. The highest BCUT2D eigenvalue weighted by atomic mass is 16.5. The van der Waals surface area contributed by atoms with Crippen LogP contribution in [0.5, 0.6) is 0 Å². The first-order valence-corrected chi connectivity index (χ1v) is 9.69. The van der Waals surface area contributed by atoms with Crippen LogP contribution in [0.15, 0.2) is 44.5 Å². The lowest BCUT2D eigenvalue weighted by atomic mass is 9.84. The van der Waals surface area contributed by atoms with Crippen LogP contribution in [0.4, 0.5) is 5.69 Å². The van der Waals surface area contributed by atoms with E-state index in [2.05, 4.69) is 23.7 Å². The van der Waals surface area contributed by atoms with Gasteiger partial charge in [-0.05, 0) is 71.9 Å². The molecule has 0 spiro atoms. The number of aliphatic imine (C=N–C) groups is 1. The van der Waals surface area contributed by atoms with Gasteiger partial charge >= 0.3 is 5.63 Å². The summed E-state index contributed by atoms with van der Waals surface area (Å²) in [5, 5.41) is 14.3. The number of anilines is 1. The van der Waals surface area contributed by atoms with Gasteiger partial charge in [-0.1, -0.05) is 5.21 Å².